The van der Waals surface area contributed by atoms with E-state index in [2.05, 4.69) is 10.3 Å². The molecule has 3 rings (SSSR count). The summed E-state index contributed by atoms with van der Waals surface area (Å²) in [4.78, 5) is 16.3. The van der Waals surface area contributed by atoms with Crippen molar-refractivity contribution in [2.24, 2.45) is 5.73 Å². The van der Waals surface area contributed by atoms with Crippen molar-refractivity contribution < 1.29 is 27.4 Å². The molecule has 11 heteroatoms. The third kappa shape index (κ3) is 6.46. The molecular weight excluding hydrogens is 446 g/mol. The molecule has 2 aromatic rings. The first-order chi connectivity index (χ1) is 13.3. The number of alkyl halides is 3. The van der Waals surface area contributed by atoms with E-state index in [0.717, 1.165) is 6.07 Å². The zero-order valence-corrected chi connectivity index (χ0v) is 17.4. The Hall–Kier alpha value is -2.07. The minimum Gasteiger partial charge on any atom is -0.438 e. The third-order valence-corrected chi connectivity index (χ3v) is 4.49. The first-order valence-electron chi connectivity index (χ1n) is 8.72. The van der Waals surface area contributed by atoms with E-state index >= 15 is 0 Å². The minimum atomic E-state index is -4.52. The van der Waals surface area contributed by atoms with Crippen molar-refractivity contribution in [3.05, 3.63) is 53.7 Å². The Balaban J connectivity index is 0.00000225. The van der Waals surface area contributed by atoms with E-state index in [9.17, 15) is 18.0 Å². The highest BCUT2D eigenvalue weighted by molar-refractivity contribution is 5.86. The van der Waals surface area contributed by atoms with Gasteiger partial charge in [-0.1, -0.05) is 18.2 Å². The lowest BCUT2D eigenvalue weighted by Gasteiger charge is -2.31. The molecule has 1 aromatic heterocycles. The van der Waals surface area contributed by atoms with Crippen molar-refractivity contribution >= 4 is 30.7 Å². The zero-order valence-electron chi connectivity index (χ0n) is 15.8. The molecule has 3 N–H and O–H groups in total. The second-order valence-electron chi connectivity index (χ2n) is 6.55. The quantitative estimate of drug-likeness (QED) is 0.696. The van der Waals surface area contributed by atoms with Gasteiger partial charge in [0, 0.05) is 32.0 Å². The monoisotopic (exact) mass is 467 g/mol. The highest BCUT2D eigenvalue weighted by Gasteiger charge is 2.36. The van der Waals surface area contributed by atoms with Crippen molar-refractivity contribution in [1.82, 2.24) is 10.3 Å². The minimum absolute atomic E-state index is 0. The number of halogens is 5. The number of carbonyl (C=O) groups is 1. The van der Waals surface area contributed by atoms with E-state index in [1.165, 1.54) is 30.5 Å². The molecule has 1 amide bonds. The average Bonchev–Trinajstić information content (AvgIpc) is 2.67. The molecule has 1 saturated heterocycles. The number of aromatic nitrogens is 1. The van der Waals surface area contributed by atoms with Crippen molar-refractivity contribution in [3.8, 4) is 11.6 Å². The molecule has 0 saturated carbocycles. The number of ether oxygens (including phenoxy) is 2. The van der Waals surface area contributed by atoms with Gasteiger partial charge in [-0.25, -0.2) is 4.98 Å². The number of nitrogens with zero attached hydrogens (tertiary/aromatic N) is 1. The maximum absolute atomic E-state index is 13.0. The van der Waals surface area contributed by atoms with E-state index in [4.69, 9.17) is 15.2 Å². The smallest absolute Gasteiger partial charge is 0.419 e. The molecule has 1 aliphatic heterocycles. The van der Waals surface area contributed by atoms with Gasteiger partial charge in [-0.15, -0.1) is 24.8 Å². The number of carbonyl (C=O) groups excluding carboxylic acids is 1. The number of hydrogen-bond acceptors (Lipinski definition) is 5. The Bertz CT molecular complexity index is 830. The van der Waals surface area contributed by atoms with Gasteiger partial charge < -0.3 is 20.5 Å². The summed E-state index contributed by atoms with van der Waals surface area (Å²) in [5.41, 5.74) is 4.95. The van der Waals surface area contributed by atoms with Crippen molar-refractivity contribution in [1.29, 1.82) is 0 Å². The molecule has 1 fully saturated rings. The number of amides is 1. The van der Waals surface area contributed by atoms with E-state index in [0.29, 0.717) is 31.6 Å². The van der Waals surface area contributed by atoms with Crippen LogP contribution in [0.25, 0.3) is 0 Å². The van der Waals surface area contributed by atoms with Gasteiger partial charge in [-0.05, 0) is 30.5 Å². The van der Waals surface area contributed by atoms with Crippen LogP contribution in [0.5, 0.6) is 11.6 Å². The second-order valence-corrected chi connectivity index (χ2v) is 6.55. The normalized spacial score (nSPS) is 15.3. The highest BCUT2D eigenvalue weighted by Crippen LogP contribution is 2.37. The zero-order chi connectivity index (χ0) is 20.2. The lowest BCUT2D eigenvalue weighted by Crippen LogP contribution is -2.56. The Morgan fingerprint density at radius 1 is 1.17 bits per heavy atom. The number of nitrogens with two attached hydrogens (primary N) is 1. The van der Waals surface area contributed by atoms with Crippen LogP contribution in [-0.2, 0) is 22.3 Å². The van der Waals surface area contributed by atoms with Crippen molar-refractivity contribution in [3.63, 3.8) is 0 Å². The van der Waals surface area contributed by atoms with E-state index in [1.807, 2.05) is 0 Å². The Kier molecular flexibility index (Phi) is 9.35. The van der Waals surface area contributed by atoms with Crippen LogP contribution in [0, 0.1) is 0 Å². The summed E-state index contributed by atoms with van der Waals surface area (Å²) in [6, 6.07) is 7.98. The number of nitrogens with one attached hydrogen (secondary N) is 1. The Labute approximate surface area is 184 Å². The number of hydrogen-bond donors (Lipinski definition) is 2. The van der Waals surface area contributed by atoms with Crippen LogP contribution in [0.15, 0.2) is 42.6 Å². The molecular formula is C19H22Cl2F3N3O3. The predicted molar refractivity (Wildman–Crippen MR) is 109 cm³/mol. The van der Waals surface area contributed by atoms with Crippen molar-refractivity contribution in [2.75, 3.05) is 13.2 Å². The molecule has 2 heterocycles. The third-order valence-electron chi connectivity index (χ3n) is 4.49. The van der Waals surface area contributed by atoms with Crippen molar-refractivity contribution in [2.45, 2.75) is 31.1 Å². The molecule has 0 atom stereocenters. The van der Waals surface area contributed by atoms with Crippen LogP contribution in [0.1, 0.15) is 24.0 Å². The maximum atomic E-state index is 13.0. The van der Waals surface area contributed by atoms with Gasteiger partial charge in [0.1, 0.15) is 5.75 Å². The number of rotatable bonds is 5. The lowest BCUT2D eigenvalue weighted by atomic mass is 9.90. The summed E-state index contributed by atoms with van der Waals surface area (Å²) < 4.78 is 49.5. The molecule has 0 spiro atoms. The molecule has 0 aliphatic carbocycles. The molecule has 1 aliphatic rings. The predicted octanol–water partition coefficient (Wildman–Crippen LogP) is 3.86. The number of benzene rings is 1. The number of para-hydroxylation sites is 1. The Morgan fingerprint density at radius 3 is 2.43 bits per heavy atom. The van der Waals surface area contributed by atoms with Gasteiger partial charge >= 0.3 is 6.18 Å². The summed E-state index contributed by atoms with van der Waals surface area (Å²) in [5.74, 6) is -0.574. The van der Waals surface area contributed by atoms with Crippen LogP contribution in [0.3, 0.4) is 0 Å². The van der Waals surface area contributed by atoms with E-state index in [1.54, 1.807) is 6.07 Å². The van der Waals surface area contributed by atoms with Crippen LogP contribution < -0.4 is 15.8 Å². The van der Waals surface area contributed by atoms with Crippen LogP contribution >= 0.6 is 24.8 Å². The topological polar surface area (TPSA) is 86.5 Å². The summed E-state index contributed by atoms with van der Waals surface area (Å²) in [7, 11) is 0. The largest absolute Gasteiger partial charge is 0.438 e. The van der Waals surface area contributed by atoms with E-state index < -0.39 is 17.3 Å². The van der Waals surface area contributed by atoms with Gasteiger partial charge in [-0.2, -0.15) is 13.2 Å². The van der Waals surface area contributed by atoms with Gasteiger partial charge in [-0.3, -0.25) is 4.79 Å². The summed E-state index contributed by atoms with van der Waals surface area (Å²) in [6.45, 7) is 1.08. The molecule has 0 bridgehead atoms. The standard InChI is InChI=1S/C19H20F3N3O3.2ClH/c20-19(21,22)14-3-1-2-4-15(14)28-16-6-5-13(11-24-16)12-25-17(26)18(23)7-9-27-10-8-18;;/h1-6,11H,7-10,12,23H2,(H,25,26);2*1H. The second kappa shape index (κ2) is 10.8. The molecule has 6 nitrogen and oxygen atoms in total. The molecule has 0 radical (unpaired) electrons. The Morgan fingerprint density at radius 2 is 1.83 bits per heavy atom. The first kappa shape index (κ1) is 26.0. The SMILES string of the molecule is Cl.Cl.NC1(C(=O)NCc2ccc(Oc3ccccc3C(F)(F)F)nc2)CCOCC1. The van der Waals surface area contributed by atoms with Gasteiger partial charge in [0.25, 0.3) is 0 Å². The number of pyridine rings is 1. The van der Waals surface area contributed by atoms with Crippen LogP contribution in [-0.4, -0.2) is 29.6 Å². The first-order valence-corrected chi connectivity index (χ1v) is 8.72. The molecule has 30 heavy (non-hydrogen) atoms. The molecule has 1 aromatic carbocycles. The fraction of sp³-hybridized carbons (Fsp3) is 0.368. The van der Waals surface area contributed by atoms with Crippen LogP contribution in [0.4, 0.5) is 13.2 Å². The van der Waals surface area contributed by atoms with E-state index in [-0.39, 0.29) is 48.9 Å². The van der Waals surface area contributed by atoms with Gasteiger partial charge in [0.15, 0.2) is 0 Å². The van der Waals surface area contributed by atoms with Gasteiger partial charge in [0.2, 0.25) is 11.8 Å². The summed E-state index contributed by atoms with van der Waals surface area (Å²) >= 11 is 0. The maximum Gasteiger partial charge on any atom is 0.419 e. The van der Waals surface area contributed by atoms with Gasteiger partial charge in [0.05, 0.1) is 11.1 Å². The fourth-order valence-electron chi connectivity index (χ4n) is 2.80. The average molecular weight is 468 g/mol. The lowest BCUT2D eigenvalue weighted by molar-refractivity contribution is -0.138. The molecule has 166 valence electrons. The fourth-order valence-corrected chi connectivity index (χ4v) is 2.80. The molecule has 0 unspecified atom stereocenters. The highest BCUT2D eigenvalue weighted by atomic mass is 35.5. The van der Waals surface area contributed by atoms with Crippen LogP contribution in [0.2, 0.25) is 0 Å². The summed E-state index contributed by atoms with van der Waals surface area (Å²) in [5, 5.41) is 2.76. The summed E-state index contributed by atoms with van der Waals surface area (Å²) in [6.07, 6.45) is -2.20.